The third-order valence-electron chi connectivity index (χ3n) is 2.20. The molecule has 0 aliphatic rings. The topological polar surface area (TPSA) is 44.8 Å². The fourth-order valence-electron chi connectivity index (χ4n) is 1.21. The molecule has 0 aromatic heterocycles. The number of hydrogen-bond acceptors (Lipinski definition) is 4. The Morgan fingerprint density at radius 3 is 2.47 bits per heavy atom. The van der Waals surface area contributed by atoms with Crippen LogP contribution in [0.4, 0.5) is 0 Å². The van der Waals surface area contributed by atoms with E-state index in [9.17, 15) is 4.79 Å². The molecule has 0 radical (unpaired) electrons. The first-order valence-electron chi connectivity index (χ1n) is 5.56. The van der Waals surface area contributed by atoms with Crippen LogP contribution in [0.25, 0.3) is 0 Å². The lowest BCUT2D eigenvalue weighted by Gasteiger charge is -2.07. The van der Waals surface area contributed by atoms with Gasteiger partial charge in [-0.1, -0.05) is 17.7 Å². The van der Waals surface area contributed by atoms with E-state index < -0.39 is 0 Å². The molecular weight excluding hydrogens is 220 g/mol. The van der Waals surface area contributed by atoms with Gasteiger partial charge in [-0.15, -0.1) is 0 Å². The summed E-state index contributed by atoms with van der Waals surface area (Å²) >= 11 is 0. The smallest absolute Gasteiger partial charge is 0.307 e. The lowest BCUT2D eigenvalue weighted by Crippen LogP contribution is -2.10. The Bertz CT molecular complexity index is 332. The minimum absolute atomic E-state index is 0.260. The number of carbonyl (C=O) groups excluding carboxylic acids is 1. The number of aryl methyl sites for hydroxylation is 1. The van der Waals surface area contributed by atoms with Gasteiger partial charge in [-0.25, -0.2) is 0 Å². The van der Waals surface area contributed by atoms with Crippen LogP contribution in [0.15, 0.2) is 24.3 Å². The number of methoxy groups -OCH3 is 1. The SMILES string of the molecule is COC(=O)CCOCCOc1ccc(C)cc1. The second-order valence-corrected chi connectivity index (χ2v) is 3.60. The molecule has 17 heavy (non-hydrogen) atoms. The van der Waals surface area contributed by atoms with Crippen molar-refractivity contribution in [2.24, 2.45) is 0 Å². The summed E-state index contributed by atoms with van der Waals surface area (Å²) in [6.45, 7) is 3.33. The summed E-state index contributed by atoms with van der Waals surface area (Å²) in [7, 11) is 1.36. The fourth-order valence-corrected chi connectivity index (χ4v) is 1.21. The van der Waals surface area contributed by atoms with E-state index in [0.717, 1.165) is 5.75 Å². The van der Waals surface area contributed by atoms with Crippen molar-refractivity contribution in [2.45, 2.75) is 13.3 Å². The maximum atomic E-state index is 10.8. The van der Waals surface area contributed by atoms with Crippen molar-refractivity contribution >= 4 is 5.97 Å². The van der Waals surface area contributed by atoms with Crippen LogP contribution in [0, 0.1) is 6.92 Å². The van der Waals surface area contributed by atoms with Gasteiger partial charge in [0.25, 0.3) is 0 Å². The summed E-state index contributed by atoms with van der Waals surface area (Å²) < 4.78 is 15.2. The second-order valence-electron chi connectivity index (χ2n) is 3.60. The zero-order chi connectivity index (χ0) is 12.5. The molecule has 0 N–H and O–H groups in total. The molecule has 0 bridgehead atoms. The lowest BCUT2D eigenvalue weighted by atomic mass is 10.2. The molecule has 0 saturated carbocycles. The molecule has 4 nitrogen and oxygen atoms in total. The van der Waals surface area contributed by atoms with Gasteiger partial charge in [-0.3, -0.25) is 4.79 Å². The largest absolute Gasteiger partial charge is 0.491 e. The fraction of sp³-hybridized carbons (Fsp3) is 0.462. The molecule has 1 aromatic carbocycles. The van der Waals surface area contributed by atoms with E-state index in [1.165, 1.54) is 12.7 Å². The zero-order valence-corrected chi connectivity index (χ0v) is 10.3. The first kappa shape index (κ1) is 13.5. The number of esters is 1. The first-order chi connectivity index (χ1) is 8.22. The van der Waals surface area contributed by atoms with Gasteiger partial charge < -0.3 is 14.2 Å². The number of rotatable bonds is 7. The van der Waals surface area contributed by atoms with Crippen LogP contribution in [0.2, 0.25) is 0 Å². The molecule has 0 saturated heterocycles. The summed E-state index contributed by atoms with van der Waals surface area (Å²) in [6, 6.07) is 7.83. The lowest BCUT2D eigenvalue weighted by molar-refractivity contribution is -0.141. The van der Waals surface area contributed by atoms with Crippen LogP contribution in [0.1, 0.15) is 12.0 Å². The average Bonchev–Trinajstić information content (AvgIpc) is 2.35. The second kappa shape index (κ2) is 7.68. The van der Waals surface area contributed by atoms with Gasteiger partial charge in [0.2, 0.25) is 0 Å². The van der Waals surface area contributed by atoms with Crippen LogP contribution in [-0.4, -0.2) is 32.9 Å². The highest BCUT2D eigenvalue weighted by Gasteiger charge is 1.99. The third kappa shape index (κ3) is 5.92. The van der Waals surface area contributed by atoms with Crippen molar-refractivity contribution in [1.29, 1.82) is 0 Å². The molecule has 0 heterocycles. The summed E-state index contributed by atoms with van der Waals surface area (Å²) in [5.41, 5.74) is 1.20. The van der Waals surface area contributed by atoms with Gasteiger partial charge in [0.05, 0.1) is 26.7 Å². The monoisotopic (exact) mass is 238 g/mol. The standard InChI is InChI=1S/C13H18O4/c1-11-3-5-12(6-4-11)17-10-9-16-8-7-13(14)15-2/h3-6H,7-10H2,1-2H3. The van der Waals surface area contributed by atoms with E-state index >= 15 is 0 Å². The number of ether oxygens (including phenoxy) is 3. The summed E-state index contributed by atoms with van der Waals surface area (Å²) in [5, 5.41) is 0. The quantitative estimate of drug-likeness (QED) is 0.538. The van der Waals surface area contributed by atoms with Gasteiger partial charge in [0, 0.05) is 0 Å². The number of hydrogen-bond donors (Lipinski definition) is 0. The maximum Gasteiger partial charge on any atom is 0.307 e. The predicted molar refractivity (Wildman–Crippen MR) is 64.1 cm³/mol. The normalized spacial score (nSPS) is 10.0. The molecule has 0 spiro atoms. The molecule has 0 aliphatic carbocycles. The molecule has 0 atom stereocenters. The highest BCUT2D eigenvalue weighted by Crippen LogP contribution is 2.10. The van der Waals surface area contributed by atoms with Crippen molar-refractivity contribution in [1.82, 2.24) is 0 Å². The Labute approximate surface area is 101 Å². The van der Waals surface area contributed by atoms with E-state index in [-0.39, 0.29) is 12.4 Å². The minimum atomic E-state index is -0.260. The molecule has 0 aliphatic heterocycles. The van der Waals surface area contributed by atoms with E-state index in [1.54, 1.807) is 0 Å². The maximum absolute atomic E-state index is 10.8. The Morgan fingerprint density at radius 1 is 1.12 bits per heavy atom. The molecule has 1 aromatic rings. The van der Waals surface area contributed by atoms with Crippen molar-refractivity contribution in [3.05, 3.63) is 29.8 Å². The molecule has 94 valence electrons. The molecule has 0 amide bonds. The van der Waals surface area contributed by atoms with Crippen LogP contribution in [0.5, 0.6) is 5.75 Å². The zero-order valence-electron chi connectivity index (χ0n) is 10.3. The van der Waals surface area contributed by atoms with Crippen molar-refractivity contribution in [3.63, 3.8) is 0 Å². The van der Waals surface area contributed by atoms with E-state index in [0.29, 0.717) is 19.8 Å². The number of benzene rings is 1. The average molecular weight is 238 g/mol. The Morgan fingerprint density at radius 2 is 1.82 bits per heavy atom. The summed E-state index contributed by atoms with van der Waals surface area (Å²) in [6.07, 6.45) is 0.279. The molecule has 4 heteroatoms. The van der Waals surface area contributed by atoms with Crippen molar-refractivity contribution in [3.8, 4) is 5.75 Å². The van der Waals surface area contributed by atoms with Crippen LogP contribution in [0.3, 0.4) is 0 Å². The Kier molecular flexibility index (Phi) is 6.10. The van der Waals surface area contributed by atoms with E-state index in [2.05, 4.69) is 4.74 Å². The van der Waals surface area contributed by atoms with Crippen LogP contribution in [-0.2, 0) is 14.3 Å². The van der Waals surface area contributed by atoms with E-state index in [1.807, 2.05) is 31.2 Å². The van der Waals surface area contributed by atoms with Gasteiger partial charge in [-0.05, 0) is 19.1 Å². The van der Waals surface area contributed by atoms with Crippen molar-refractivity contribution < 1.29 is 19.0 Å². The predicted octanol–water partition coefficient (Wildman–Crippen LogP) is 1.95. The summed E-state index contributed by atoms with van der Waals surface area (Å²) in [5.74, 6) is 0.566. The van der Waals surface area contributed by atoms with Crippen LogP contribution < -0.4 is 4.74 Å². The molecule has 1 rings (SSSR count). The molecule has 0 unspecified atom stereocenters. The van der Waals surface area contributed by atoms with Gasteiger partial charge >= 0.3 is 5.97 Å². The molecule has 0 fully saturated rings. The molecular formula is C13H18O4. The van der Waals surface area contributed by atoms with Gasteiger partial charge in [-0.2, -0.15) is 0 Å². The van der Waals surface area contributed by atoms with E-state index in [4.69, 9.17) is 9.47 Å². The highest BCUT2D eigenvalue weighted by atomic mass is 16.5. The summed E-state index contributed by atoms with van der Waals surface area (Å²) in [4.78, 5) is 10.8. The number of carbonyl (C=O) groups is 1. The van der Waals surface area contributed by atoms with Gasteiger partial charge in [0.15, 0.2) is 0 Å². The Balaban J connectivity index is 2.04. The Hall–Kier alpha value is -1.55. The third-order valence-corrected chi connectivity index (χ3v) is 2.20. The van der Waals surface area contributed by atoms with Crippen LogP contribution >= 0.6 is 0 Å². The van der Waals surface area contributed by atoms with Crippen molar-refractivity contribution in [2.75, 3.05) is 26.9 Å². The minimum Gasteiger partial charge on any atom is -0.491 e. The van der Waals surface area contributed by atoms with Gasteiger partial charge in [0.1, 0.15) is 12.4 Å². The highest BCUT2D eigenvalue weighted by molar-refractivity contribution is 5.69. The first-order valence-corrected chi connectivity index (χ1v) is 5.56.